The SMILES string of the molecule is CC(=O)N1CCC(NC2=CCC=CC=C2)C(C)(C)[C@@H]1CCCO. The molecule has 1 saturated heterocycles. The Morgan fingerprint density at radius 1 is 1.43 bits per heavy atom. The van der Waals surface area contributed by atoms with Gasteiger partial charge in [-0.15, -0.1) is 0 Å². The normalized spacial score (nSPS) is 26.6. The molecule has 4 heteroatoms. The van der Waals surface area contributed by atoms with Crippen molar-refractivity contribution in [3.8, 4) is 0 Å². The van der Waals surface area contributed by atoms with Crippen LogP contribution in [-0.2, 0) is 4.79 Å². The molecule has 2 aliphatic rings. The van der Waals surface area contributed by atoms with Crippen molar-refractivity contribution in [2.75, 3.05) is 13.2 Å². The van der Waals surface area contributed by atoms with Gasteiger partial charge in [0.25, 0.3) is 0 Å². The van der Waals surface area contributed by atoms with Gasteiger partial charge in [-0.25, -0.2) is 0 Å². The Bertz CT molecular complexity index is 505. The summed E-state index contributed by atoms with van der Waals surface area (Å²) in [6, 6.07) is 0.475. The topological polar surface area (TPSA) is 52.6 Å². The van der Waals surface area contributed by atoms with Crippen molar-refractivity contribution in [3.05, 3.63) is 36.1 Å². The van der Waals surface area contributed by atoms with Gasteiger partial charge in [-0.05, 0) is 31.8 Å². The number of hydrogen-bond donors (Lipinski definition) is 2. The van der Waals surface area contributed by atoms with E-state index < -0.39 is 0 Å². The zero-order valence-corrected chi connectivity index (χ0v) is 14.6. The third-order valence-electron chi connectivity index (χ3n) is 5.17. The second-order valence-electron chi connectivity index (χ2n) is 7.08. The van der Waals surface area contributed by atoms with E-state index in [0.717, 1.165) is 37.9 Å². The maximum Gasteiger partial charge on any atom is 0.219 e. The molecule has 1 aliphatic heterocycles. The lowest BCUT2D eigenvalue weighted by molar-refractivity contribution is -0.138. The van der Waals surface area contributed by atoms with Gasteiger partial charge in [-0.2, -0.15) is 0 Å². The molecule has 23 heavy (non-hydrogen) atoms. The van der Waals surface area contributed by atoms with Crippen LogP contribution in [0, 0.1) is 5.41 Å². The average molecular weight is 318 g/mol. The number of carbonyl (C=O) groups excluding carboxylic acids is 1. The van der Waals surface area contributed by atoms with Crippen molar-refractivity contribution in [3.63, 3.8) is 0 Å². The molecule has 0 spiro atoms. The van der Waals surface area contributed by atoms with E-state index in [1.165, 1.54) is 0 Å². The highest BCUT2D eigenvalue weighted by Crippen LogP contribution is 2.38. The highest BCUT2D eigenvalue weighted by atomic mass is 16.3. The molecule has 1 fully saturated rings. The molecule has 128 valence electrons. The van der Waals surface area contributed by atoms with Crippen LogP contribution in [0.25, 0.3) is 0 Å². The molecule has 0 aromatic rings. The van der Waals surface area contributed by atoms with Crippen molar-refractivity contribution in [2.45, 2.75) is 58.5 Å². The molecule has 0 bridgehead atoms. The van der Waals surface area contributed by atoms with E-state index >= 15 is 0 Å². The van der Waals surface area contributed by atoms with Crippen molar-refractivity contribution in [1.29, 1.82) is 0 Å². The zero-order chi connectivity index (χ0) is 16.9. The smallest absolute Gasteiger partial charge is 0.219 e. The summed E-state index contributed by atoms with van der Waals surface area (Å²) in [5.41, 5.74) is 1.11. The van der Waals surface area contributed by atoms with Crippen LogP contribution < -0.4 is 5.32 Å². The molecule has 0 aromatic heterocycles. The van der Waals surface area contributed by atoms with Gasteiger partial charge >= 0.3 is 0 Å². The first-order valence-corrected chi connectivity index (χ1v) is 8.64. The molecule has 2 N–H and O–H groups in total. The highest BCUT2D eigenvalue weighted by Gasteiger charge is 2.44. The van der Waals surface area contributed by atoms with E-state index in [9.17, 15) is 9.90 Å². The number of hydrogen-bond acceptors (Lipinski definition) is 3. The summed E-state index contributed by atoms with van der Waals surface area (Å²) in [4.78, 5) is 14.0. The molecule has 1 heterocycles. The first kappa shape index (κ1) is 17.8. The number of likely N-dealkylation sites (tertiary alicyclic amines) is 1. The molecular formula is C19H30N2O2. The summed E-state index contributed by atoms with van der Waals surface area (Å²) in [6.45, 7) is 7.08. The number of allylic oxidation sites excluding steroid dienone is 5. The van der Waals surface area contributed by atoms with Gasteiger partial charge in [0.05, 0.1) is 0 Å². The summed E-state index contributed by atoms with van der Waals surface area (Å²) in [6.07, 6.45) is 14.0. The van der Waals surface area contributed by atoms with E-state index in [2.05, 4.69) is 49.5 Å². The molecule has 1 unspecified atom stereocenters. The molecule has 2 atom stereocenters. The van der Waals surface area contributed by atoms with Crippen LogP contribution in [0.5, 0.6) is 0 Å². The third kappa shape index (κ3) is 4.25. The Morgan fingerprint density at radius 3 is 2.91 bits per heavy atom. The second kappa shape index (κ2) is 7.82. The fourth-order valence-electron chi connectivity index (χ4n) is 3.77. The van der Waals surface area contributed by atoms with Gasteiger partial charge in [0.2, 0.25) is 5.91 Å². The van der Waals surface area contributed by atoms with Gasteiger partial charge in [-0.1, -0.05) is 38.2 Å². The first-order valence-electron chi connectivity index (χ1n) is 8.64. The van der Waals surface area contributed by atoms with E-state index in [1.54, 1.807) is 6.92 Å². The first-order chi connectivity index (χ1) is 11.0. The van der Waals surface area contributed by atoms with Crippen molar-refractivity contribution in [1.82, 2.24) is 10.2 Å². The molecule has 0 aromatic carbocycles. The Kier molecular flexibility index (Phi) is 6.05. The lowest BCUT2D eigenvalue weighted by atomic mass is 9.70. The number of piperidine rings is 1. The predicted octanol–water partition coefficient (Wildman–Crippen LogP) is 2.76. The van der Waals surface area contributed by atoms with E-state index in [1.807, 2.05) is 4.90 Å². The standard InChI is InChI=1S/C19H30N2O2/c1-15(23)21-13-12-17(19(2,3)18(21)11-8-14-22)20-16-9-6-4-5-7-10-16/h4-6,9-10,17-18,20,22H,7-8,11-14H2,1-3H3/t17?,18-/m0/s1. The zero-order valence-electron chi connectivity index (χ0n) is 14.6. The maximum atomic E-state index is 12.0. The molecule has 0 saturated carbocycles. The number of rotatable bonds is 5. The molecule has 2 rings (SSSR count). The summed E-state index contributed by atoms with van der Waals surface area (Å²) in [5.74, 6) is 0.136. The van der Waals surface area contributed by atoms with Gasteiger partial charge < -0.3 is 15.3 Å². The fourth-order valence-corrected chi connectivity index (χ4v) is 3.77. The number of amides is 1. The van der Waals surface area contributed by atoms with Crippen LogP contribution >= 0.6 is 0 Å². The van der Waals surface area contributed by atoms with Crippen molar-refractivity contribution < 1.29 is 9.90 Å². The lowest BCUT2D eigenvalue weighted by Gasteiger charge is -2.51. The van der Waals surface area contributed by atoms with Crippen LogP contribution in [0.4, 0.5) is 0 Å². The van der Waals surface area contributed by atoms with Crippen LogP contribution in [0.3, 0.4) is 0 Å². The molecule has 0 radical (unpaired) electrons. The van der Waals surface area contributed by atoms with Crippen LogP contribution in [0.2, 0.25) is 0 Å². The number of aliphatic hydroxyl groups is 1. The summed E-state index contributed by atoms with van der Waals surface area (Å²) in [7, 11) is 0. The fraction of sp³-hybridized carbons (Fsp3) is 0.632. The average Bonchev–Trinajstić information content (AvgIpc) is 2.76. The van der Waals surface area contributed by atoms with Crippen molar-refractivity contribution >= 4 is 5.91 Å². The van der Waals surface area contributed by atoms with Gasteiger partial charge in [0.15, 0.2) is 0 Å². The number of aliphatic hydroxyl groups excluding tert-OH is 1. The number of carbonyl (C=O) groups is 1. The van der Waals surface area contributed by atoms with E-state index in [4.69, 9.17) is 0 Å². The summed E-state index contributed by atoms with van der Waals surface area (Å²) in [5, 5.41) is 12.9. The third-order valence-corrected chi connectivity index (χ3v) is 5.17. The monoisotopic (exact) mass is 318 g/mol. The predicted molar refractivity (Wildman–Crippen MR) is 93.8 cm³/mol. The molecule has 4 nitrogen and oxygen atoms in total. The Balaban J connectivity index is 2.15. The second-order valence-corrected chi connectivity index (χ2v) is 7.08. The van der Waals surface area contributed by atoms with Crippen molar-refractivity contribution in [2.24, 2.45) is 5.41 Å². The van der Waals surface area contributed by atoms with Crippen LogP contribution in [0.15, 0.2) is 36.1 Å². The van der Waals surface area contributed by atoms with Crippen LogP contribution in [-0.4, -0.2) is 41.1 Å². The Hall–Kier alpha value is -1.55. The Morgan fingerprint density at radius 2 is 2.22 bits per heavy atom. The molecular weight excluding hydrogens is 288 g/mol. The lowest BCUT2D eigenvalue weighted by Crippen LogP contribution is -2.61. The maximum absolute atomic E-state index is 12.0. The van der Waals surface area contributed by atoms with E-state index in [0.29, 0.717) is 6.04 Å². The van der Waals surface area contributed by atoms with Gasteiger partial charge in [0, 0.05) is 43.3 Å². The highest BCUT2D eigenvalue weighted by molar-refractivity contribution is 5.74. The van der Waals surface area contributed by atoms with Crippen LogP contribution in [0.1, 0.15) is 46.5 Å². The summed E-state index contributed by atoms with van der Waals surface area (Å²) < 4.78 is 0. The largest absolute Gasteiger partial charge is 0.396 e. The molecule has 1 amide bonds. The number of nitrogens with zero attached hydrogens (tertiary/aromatic N) is 1. The minimum Gasteiger partial charge on any atom is -0.396 e. The van der Waals surface area contributed by atoms with Gasteiger partial charge in [-0.3, -0.25) is 4.79 Å². The summed E-state index contributed by atoms with van der Waals surface area (Å²) >= 11 is 0. The minimum absolute atomic E-state index is 0.0481. The number of nitrogens with one attached hydrogen (secondary N) is 1. The molecule has 1 aliphatic carbocycles. The quantitative estimate of drug-likeness (QED) is 0.819. The minimum atomic E-state index is -0.0481. The van der Waals surface area contributed by atoms with Gasteiger partial charge in [0.1, 0.15) is 0 Å². The Labute approximate surface area is 139 Å². The van der Waals surface area contributed by atoms with E-state index in [-0.39, 0.29) is 24.0 Å².